The van der Waals surface area contributed by atoms with E-state index in [-0.39, 0.29) is 42.0 Å². The first kappa shape index (κ1) is 26.1. The van der Waals surface area contributed by atoms with Crippen LogP contribution in [0.3, 0.4) is 0 Å². The molecule has 3 N–H and O–H groups in total. The molecule has 0 aliphatic carbocycles. The first-order valence-corrected chi connectivity index (χ1v) is 8.78. The molecule has 0 radical (unpaired) electrons. The van der Waals surface area contributed by atoms with Gasteiger partial charge in [-0.25, -0.2) is 0 Å². The second-order valence-electron chi connectivity index (χ2n) is 6.91. The molecule has 160 valence electrons. The van der Waals surface area contributed by atoms with Crippen LogP contribution in [-0.2, 0) is 11.2 Å². The summed E-state index contributed by atoms with van der Waals surface area (Å²) in [5.74, 6) is 2.51. The number of guanidine groups is 1. The van der Waals surface area contributed by atoms with Crippen molar-refractivity contribution < 1.29 is 19.0 Å². The second-order valence-corrected chi connectivity index (χ2v) is 6.91. The zero-order chi connectivity index (χ0) is 20.4. The molecule has 1 rings (SSSR count). The normalized spacial score (nSPS) is 11.2. The summed E-state index contributed by atoms with van der Waals surface area (Å²) in [6.07, 6.45) is 0.644. The Balaban J connectivity index is 0.00000729. The molecule has 0 aromatic heterocycles. The highest BCUT2D eigenvalue weighted by Gasteiger charge is 2.15. The van der Waals surface area contributed by atoms with Gasteiger partial charge in [0, 0.05) is 36.8 Å². The summed E-state index contributed by atoms with van der Waals surface area (Å²) in [6, 6.07) is 3.64. The van der Waals surface area contributed by atoms with E-state index in [4.69, 9.17) is 14.2 Å². The van der Waals surface area contributed by atoms with Crippen LogP contribution in [0.4, 0.5) is 0 Å². The van der Waals surface area contributed by atoms with E-state index in [1.165, 1.54) is 0 Å². The number of aliphatic imine (C=N–C) groups is 1. The van der Waals surface area contributed by atoms with E-state index < -0.39 is 0 Å². The van der Waals surface area contributed by atoms with Crippen molar-refractivity contribution in [3.63, 3.8) is 0 Å². The number of amides is 1. The van der Waals surface area contributed by atoms with E-state index in [9.17, 15) is 4.79 Å². The lowest BCUT2D eigenvalue weighted by atomic mass is 10.1. The maximum Gasteiger partial charge on any atom is 0.239 e. The van der Waals surface area contributed by atoms with Gasteiger partial charge in [-0.2, -0.15) is 0 Å². The standard InChI is InChI=1S/C19H32N4O4.HI/c1-19(2,3)23-17(24)12-22-18(20-4)21-9-8-14-15(26-6)10-13(25-5)11-16(14)27-7;/h10-11H,8-9,12H2,1-7H3,(H,23,24)(H2,20,21,22);1H. The van der Waals surface area contributed by atoms with Crippen molar-refractivity contribution in [1.29, 1.82) is 0 Å². The molecule has 0 bridgehead atoms. The van der Waals surface area contributed by atoms with E-state index in [1.807, 2.05) is 32.9 Å². The Morgan fingerprint density at radius 1 is 1.04 bits per heavy atom. The van der Waals surface area contributed by atoms with Crippen molar-refractivity contribution in [3.8, 4) is 17.2 Å². The van der Waals surface area contributed by atoms with Gasteiger partial charge in [-0.15, -0.1) is 24.0 Å². The van der Waals surface area contributed by atoms with Crippen LogP contribution >= 0.6 is 24.0 Å². The molecule has 0 unspecified atom stereocenters. The number of carbonyl (C=O) groups excluding carboxylic acids is 1. The third-order valence-corrected chi connectivity index (χ3v) is 3.64. The SMILES string of the molecule is CN=C(NCCc1c(OC)cc(OC)cc1OC)NCC(=O)NC(C)(C)C.I. The van der Waals surface area contributed by atoms with Gasteiger partial charge in [0.15, 0.2) is 5.96 Å². The number of hydrogen-bond donors (Lipinski definition) is 3. The fourth-order valence-corrected chi connectivity index (χ4v) is 2.48. The smallest absolute Gasteiger partial charge is 0.239 e. The summed E-state index contributed by atoms with van der Waals surface area (Å²) in [5.41, 5.74) is 0.659. The lowest BCUT2D eigenvalue weighted by molar-refractivity contribution is -0.121. The molecule has 0 aliphatic rings. The Hall–Kier alpha value is -1.91. The molecule has 0 saturated heterocycles. The zero-order valence-corrected chi connectivity index (χ0v) is 20.1. The quantitative estimate of drug-likeness (QED) is 0.283. The molecule has 0 saturated carbocycles. The van der Waals surface area contributed by atoms with Crippen LogP contribution in [0.25, 0.3) is 0 Å². The number of nitrogens with zero attached hydrogens (tertiary/aromatic N) is 1. The summed E-state index contributed by atoms with van der Waals surface area (Å²) in [5, 5.41) is 9.07. The highest BCUT2D eigenvalue weighted by atomic mass is 127. The number of benzene rings is 1. The number of carbonyl (C=O) groups is 1. The molecule has 1 amide bonds. The highest BCUT2D eigenvalue weighted by molar-refractivity contribution is 14.0. The number of nitrogens with one attached hydrogen (secondary N) is 3. The maximum atomic E-state index is 11.9. The maximum absolute atomic E-state index is 11.9. The summed E-state index contributed by atoms with van der Waals surface area (Å²) < 4.78 is 16.2. The molecule has 1 aromatic rings. The monoisotopic (exact) mass is 508 g/mol. The molecule has 0 atom stereocenters. The van der Waals surface area contributed by atoms with Crippen LogP contribution in [0.1, 0.15) is 26.3 Å². The topological polar surface area (TPSA) is 93.2 Å². The summed E-state index contributed by atoms with van der Waals surface area (Å²) in [6.45, 7) is 6.54. The van der Waals surface area contributed by atoms with E-state index in [1.54, 1.807) is 28.4 Å². The van der Waals surface area contributed by atoms with Gasteiger partial charge in [0.25, 0.3) is 0 Å². The molecular formula is C19H33IN4O4. The molecule has 0 spiro atoms. The predicted molar refractivity (Wildman–Crippen MR) is 122 cm³/mol. The van der Waals surface area contributed by atoms with Crippen molar-refractivity contribution in [2.45, 2.75) is 32.7 Å². The lowest BCUT2D eigenvalue weighted by Crippen LogP contribution is -2.48. The minimum atomic E-state index is -0.267. The molecule has 9 heteroatoms. The summed E-state index contributed by atoms with van der Waals surface area (Å²) in [4.78, 5) is 16.0. The molecular weight excluding hydrogens is 475 g/mol. The molecule has 0 aliphatic heterocycles. The summed E-state index contributed by atoms with van der Waals surface area (Å²) in [7, 11) is 6.48. The Kier molecular flexibility index (Phi) is 11.7. The fourth-order valence-electron chi connectivity index (χ4n) is 2.48. The van der Waals surface area contributed by atoms with Gasteiger partial charge in [0.05, 0.1) is 27.9 Å². The van der Waals surface area contributed by atoms with Crippen molar-refractivity contribution in [1.82, 2.24) is 16.0 Å². The Morgan fingerprint density at radius 2 is 1.61 bits per heavy atom. The van der Waals surface area contributed by atoms with Gasteiger partial charge in [0.2, 0.25) is 5.91 Å². The average molecular weight is 508 g/mol. The molecule has 28 heavy (non-hydrogen) atoms. The Labute approximate surface area is 184 Å². The highest BCUT2D eigenvalue weighted by Crippen LogP contribution is 2.34. The van der Waals surface area contributed by atoms with E-state index in [2.05, 4.69) is 20.9 Å². The van der Waals surface area contributed by atoms with Crippen molar-refractivity contribution >= 4 is 35.8 Å². The van der Waals surface area contributed by atoms with E-state index >= 15 is 0 Å². The minimum Gasteiger partial charge on any atom is -0.496 e. The van der Waals surface area contributed by atoms with Crippen molar-refractivity contribution in [2.75, 3.05) is 41.5 Å². The largest absolute Gasteiger partial charge is 0.496 e. The third kappa shape index (κ3) is 8.85. The van der Waals surface area contributed by atoms with E-state index in [0.29, 0.717) is 36.2 Å². The number of methoxy groups -OCH3 is 3. The molecule has 0 heterocycles. The van der Waals surface area contributed by atoms with Crippen LogP contribution in [-0.4, -0.2) is 58.9 Å². The van der Waals surface area contributed by atoms with Gasteiger partial charge in [-0.05, 0) is 27.2 Å². The van der Waals surface area contributed by atoms with Crippen LogP contribution in [0, 0.1) is 0 Å². The average Bonchev–Trinajstić information content (AvgIpc) is 2.62. The van der Waals surface area contributed by atoms with Crippen LogP contribution in [0.5, 0.6) is 17.2 Å². The zero-order valence-electron chi connectivity index (χ0n) is 17.8. The van der Waals surface area contributed by atoms with Crippen LogP contribution < -0.4 is 30.2 Å². The van der Waals surface area contributed by atoms with Gasteiger partial charge in [0.1, 0.15) is 17.2 Å². The minimum absolute atomic E-state index is 0. The second kappa shape index (κ2) is 12.5. The number of halogens is 1. The number of ether oxygens (including phenoxy) is 3. The predicted octanol–water partition coefficient (Wildman–Crippen LogP) is 1.95. The first-order chi connectivity index (χ1) is 12.7. The first-order valence-electron chi connectivity index (χ1n) is 8.78. The molecule has 1 aromatic carbocycles. The Morgan fingerprint density at radius 3 is 2.04 bits per heavy atom. The third-order valence-electron chi connectivity index (χ3n) is 3.64. The van der Waals surface area contributed by atoms with Gasteiger partial charge >= 0.3 is 0 Å². The van der Waals surface area contributed by atoms with Crippen LogP contribution in [0.2, 0.25) is 0 Å². The van der Waals surface area contributed by atoms with Gasteiger partial charge in [-0.1, -0.05) is 0 Å². The lowest BCUT2D eigenvalue weighted by Gasteiger charge is -2.21. The number of hydrogen-bond acceptors (Lipinski definition) is 5. The summed E-state index contributed by atoms with van der Waals surface area (Å²) >= 11 is 0. The molecule has 8 nitrogen and oxygen atoms in total. The van der Waals surface area contributed by atoms with Gasteiger partial charge in [-0.3, -0.25) is 9.79 Å². The van der Waals surface area contributed by atoms with E-state index in [0.717, 1.165) is 5.56 Å². The number of rotatable bonds is 8. The van der Waals surface area contributed by atoms with Crippen LogP contribution in [0.15, 0.2) is 17.1 Å². The van der Waals surface area contributed by atoms with Gasteiger partial charge < -0.3 is 30.2 Å². The van der Waals surface area contributed by atoms with Crippen molar-refractivity contribution in [2.24, 2.45) is 4.99 Å². The Bertz CT molecular complexity index is 635. The fraction of sp³-hybridized carbons (Fsp3) is 0.579. The van der Waals surface area contributed by atoms with Crippen molar-refractivity contribution in [3.05, 3.63) is 17.7 Å². The molecule has 0 fully saturated rings.